The fraction of sp³-hybridized carbons (Fsp3) is 0.875. The maximum absolute atomic E-state index is 12.4. The smallest absolute Gasteiger partial charge is 0.307 e. The third-order valence-electron chi connectivity index (χ3n) is 5.31. The first-order valence-corrected chi connectivity index (χ1v) is 7.92. The molecule has 5 unspecified atom stereocenters. The molecule has 5 atom stereocenters. The first-order chi connectivity index (χ1) is 9.77. The fourth-order valence-electron chi connectivity index (χ4n) is 3.75. The van der Waals surface area contributed by atoms with Crippen LogP contribution in [0.2, 0.25) is 0 Å². The quantitative estimate of drug-likeness (QED) is 0.814. The van der Waals surface area contributed by atoms with Gasteiger partial charge in [0.2, 0.25) is 5.91 Å². The number of ether oxygens (including phenoxy) is 1. The molecular formula is C16H27NO4. The number of hydrogen-bond acceptors (Lipinski definition) is 3. The average Bonchev–Trinajstić information content (AvgIpc) is 2.80. The topological polar surface area (TPSA) is 75.6 Å². The molecule has 0 aromatic carbocycles. The SMILES string of the molecule is CCOC1CC(NC(=O)C2CC(C)CC2C(=O)O)C1(C)C. The molecule has 120 valence electrons. The van der Waals surface area contributed by atoms with E-state index in [0.717, 1.165) is 6.42 Å². The van der Waals surface area contributed by atoms with Crippen molar-refractivity contribution in [3.63, 3.8) is 0 Å². The molecule has 2 fully saturated rings. The molecule has 0 spiro atoms. The van der Waals surface area contributed by atoms with Crippen molar-refractivity contribution in [2.75, 3.05) is 6.61 Å². The Kier molecular flexibility index (Phi) is 4.61. The Bertz CT molecular complexity index is 421. The van der Waals surface area contributed by atoms with Gasteiger partial charge in [0.05, 0.1) is 17.9 Å². The molecule has 5 heteroatoms. The van der Waals surface area contributed by atoms with Crippen LogP contribution in [0.5, 0.6) is 0 Å². The summed E-state index contributed by atoms with van der Waals surface area (Å²) >= 11 is 0. The molecule has 21 heavy (non-hydrogen) atoms. The lowest BCUT2D eigenvalue weighted by Crippen LogP contribution is -2.62. The number of nitrogens with one attached hydrogen (secondary N) is 1. The molecule has 0 aromatic rings. The van der Waals surface area contributed by atoms with Crippen LogP contribution < -0.4 is 5.32 Å². The van der Waals surface area contributed by atoms with E-state index in [0.29, 0.717) is 25.4 Å². The predicted octanol–water partition coefficient (Wildman–Crippen LogP) is 2.05. The van der Waals surface area contributed by atoms with E-state index in [4.69, 9.17) is 4.74 Å². The number of rotatable bonds is 5. The van der Waals surface area contributed by atoms with Gasteiger partial charge in [-0.05, 0) is 32.1 Å². The van der Waals surface area contributed by atoms with Crippen LogP contribution in [0.4, 0.5) is 0 Å². The largest absolute Gasteiger partial charge is 0.481 e. The normalized spacial score (nSPS) is 37.8. The van der Waals surface area contributed by atoms with Gasteiger partial charge in [-0.2, -0.15) is 0 Å². The van der Waals surface area contributed by atoms with E-state index in [1.54, 1.807) is 0 Å². The maximum Gasteiger partial charge on any atom is 0.307 e. The third kappa shape index (κ3) is 3.07. The van der Waals surface area contributed by atoms with Crippen molar-refractivity contribution >= 4 is 11.9 Å². The van der Waals surface area contributed by atoms with Crippen molar-refractivity contribution in [2.45, 2.75) is 59.1 Å². The lowest BCUT2D eigenvalue weighted by atomic mass is 9.64. The zero-order valence-electron chi connectivity index (χ0n) is 13.4. The number of carbonyl (C=O) groups excluding carboxylic acids is 1. The summed E-state index contributed by atoms with van der Waals surface area (Å²) in [5.41, 5.74) is -0.0887. The molecule has 0 heterocycles. The zero-order chi connectivity index (χ0) is 15.8. The van der Waals surface area contributed by atoms with Crippen molar-refractivity contribution < 1.29 is 19.4 Å². The van der Waals surface area contributed by atoms with Gasteiger partial charge in [-0.15, -0.1) is 0 Å². The summed E-state index contributed by atoms with van der Waals surface area (Å²) in [6.07, 6.45) is 2.26. The minimum atomic E-state index is -0.848. The van der Waals surface area contributed by atoms with Crippen molar-refractivity contribution in [1.82, 2.24) is 5.32 Å². The van der Waals surface area contributed by atoms with Crippen LogP contribution in [0, 0.1) is 23.2 Å². The molecule has 0 saturated heterocycles. The number of carbonyl (C=O) groups is 2. The second-order valence-corrected chi connectivity index (χ2v) is 7.19. The molecule has 0 radical (unpaired) electrons. The Morgan fingerprint density at radius 1 is 1.24 bits per heavy atom. The van der Waals surface area contributed by atoms with E-state index in [1.807, 2.05) is 13.8 Å². The molecule has 0 aromatic heterocycles. The Labute approximate surface area is 126 Å². The van der Waals surface area contributed by atoms with E-state index in [1.165, 1.54) is 0 Å². The lowest BCUT2D eigenvalue weighted by Gasteiger charge is -2.51. The number of carboxylic acid groups (broad SMARTS) is 1. The zero-order valence-corrected chi connectivity index (χ0v) is 13.4. The lowest BCUT2D eigenvalue weighted by molar-refractivity contribution is -0.149. The molecular weight excluding hydrogens is 270 g/mol. The average molecular weight is 297 g/mol. The summed E-state index contributed by atoms with van der Waals surface area (Å²) in [6.45, 7) is 8.85. The highest BCUT2D eigenvalue weighted by atomic mass is 16.5. The number of hydrogen-bond donors (Lipinski definition) is 2. The Hall–Kier alpha value is -1.10. The van der Waals surface area contributed by atoms with Crippen molar-refractivity contribution in [3.05, 3.63) is 0 Å². The van der Waals surface area contributed by atoms with Crippen LogP contribution >= 0.6 is 0 Å². The summed E-state index contributed by atoms with van der Waals surface area (Å²) in [6, 6.07) is 0.0758. The fourth-order valence-corrected chi connectivity index (χ4v) is 3.75. The molecule has 1 amide bonds. The highest BCUT2D eigenvalue weighted by molar-refractivity contribution is 5.85. The van der Waals surface area contributed by atoms with Gasteiger partial charge in [0, 0.05) is 18.1 Å². The Balaban J connectivity index is 1.95. The molecule has 0 bridgehead atoms. The minimum absolute atomic E-state index is 0.0758. The molecule has 2 aliphatic carbocycles. The van der Waals surface area contributed by atoms with E-state index in [9.17, 15) is 14.7 Å². The first kappa shape index (κ1) is 16.3. The number of carboxylic acids is 1. The van der Waals surface area contributed by atoms with Gasteiger partial charge >= 0.3 is 5.97 Å². The highest BCUT2D eigenvalue weighted by Gasteiger charge is 2.51. The van der Waals surface area contributed by atoms with Crippen LogP contribution in [0.3, 0.4) is 0 Å². The number of amides is 1. The third-order valence-corrected chi connectivity index (χ3v) is 5.31. The van der Waals surface area contributed by atoms with Gasteiger partial charge < -0.3 is 15.2 Å². The van der Waals surface area contributed by atoms with E-state index in [2.05, 4.69) is 19.2 Å². The van der Waals surface area contributed by atoms with Crippen LogP contribution in [-0.4, -0.2) is 35.7 Å². The number of aliphatic carboxylic acids is 1. The van der Waals surface area contributed by atoms with E-state index >= 15 is 0 Å². The van der Waals surface area contributed by atoms with Crippen LogP contribution in [-0.2, 0) is 14.3 Å². The summed E-state index contributed by atoms with van der Waals surface area (Å²) in [7, 11) is 0. The van der Waals surface area contributed by atoms with Crippen LogP contribution in [0.15, 0.2) is 0 Å². The Morgan fingerprint density at radius 2 is 1.86 bits per heavy atom. The molecule has 5 nitrogen and oxygen atoms in total. The first-order valence-electron chi connectivity index (χ1n) is 7.92. The van der Waals surface area contributed by atoms with Crippen LogP contribution in [0.1, 0.15) is 47.0 Å². The minimum Gasteiger partial charge on any atom is -0.481 e. The van der Waals surface area contributed by atoms with Crippen LogP contribution in [0.25, 0.3) is 0 Å². The van der Waals surface area contributed by atoms with Gasteiger partial charge in [-0.1, -0.05) is 20.8 Å². The maximum atomic E-state index is 12.4. The summed E-state index contributed by atoms with van der Waals surface area (Å²) in [5, 5.41) is 12.3. The van der Waals surface area contributed by atoms with Crippen molar-refractivity contribution in [2.24, 2.45) is 23.2 Å². The monoisotopic (exact) mass is 297 g/mol. The predicted molar refractivity (Wildman–Crippen MR) is 78.8 cm³/mol. The second-order valence-electron chi connectivity index (χ2n) is 7.19. The van der Waals surface area contributed by atoms with Gasteiger partial charge in [0.25, 0.3) is 0 Å². The summed E-state index contributed by atoms with van der Waals surface area (Å²) < 4.78 is 5.66. The molecule has 2 aliphatic rings. The van der Waals surface area contributed by atoms with E-state index in [-0.39, 0.29) is 29.4 Å². The summed E-state index contributed by atoms with van der Waals surface area (Å²) in [5.74, 6) is -1.57. The van der Waals surface area contributed by atoms with Crippen molar-refractivity contribution in [3.8, 4) is 0 Å². The van der Waals surface area contributed by atoms with Crippen molar-refractivity contribution in [1.29, 1.82) is 0 Å². The van der Waals surface area contributed by atoms with E-state index < -0.39 is 11.9 Å². The molecule has 2 saturated carbocycles. The van der Waals surface area contributed by atoms with Gasteiger partial charge in [-0.25, -0.2) is 0 Å². The van der Waals surface area contributed by atoms with Gasteiger partial charge in [0.15, 0.2) is 0 Å². The standard InChI is InChI=1S/C16H27NO4/c1-5-21-13-8-12(16(13,3)4)17-14(18)10-6-9(2)7-11(10)15(19)20/h9-13H,5-8H2,1-4H3,(H,17,18)(H,19,20). The second kappa shape index (κ2) is 5.95. The molecule has 0 aliphatic heterocycles. The molecule has 2 N–H and O–H groups in total. The molecule has 2 rings (SSSR count). The Morgan fingerprint density at radius 3 is 2.38 bits per heavy atom. The summed E-state index contributed by atoms with van der Waals surface area (Å²) in [4.78, 5) is 23.7. The highest BCUT2D eigenvalue weighted by Crippen LogP contribution is 2.43. The van der Waals surface area contributed by atoms with Gasteiger partial charge in [0.1, 0.15) is 0 Å². The van der Waals surface area contributed by atoms with Gasteiger partial charge in [-0.3, -0.25) is 9.59 Å².